The summed E-state index contributed by atoms with van der Waals surface area (Å²) < 4.78 is 5.32. The molecule has 0 saturated carbocycles. The predicted octanol–water partition coefficient (Wildman–Crippen LogP) is 2.55. The van der Waals surface area contributed by atoms with Gasteiger partial charge in [-0.1, -0.05) is 12.1 Å². The summed E-state index contributed by atoms with van der Waals surface area (Å²) >= 11 is 1.54. The van der Waals surface area contributed by atoms with Gasteiger partial charge in [-0.15, -0.1) is 11.8 Å². The number of pyridine rings is 1. The molecule has 0 spiro atoms. The number of carbonyl (C=O) groups excluding carboxylic acids is 2. The van der Waals surface area contributed by atoms with Gasteiger partial charge in [0.05, 0.1) is 6.61 Å². The zero-order valence-electron chi connectivity index (χ0n) is 13.4. The Kier molecular flexibility index (Phi) is 5.69. The number of nitrogens with zero attached hydrogens (tertiary/aromatic N) is 1. The first-order valence-electron chi connectivity index (χ1n) is 7.75. The lowest BCUT2D eigenvalue weighted by molar-refractivity contribution is -0.116. The van der Waals surface area contributed by atoms with E-state index in [1.54, 1.807) is 42.1 Å². The molecule has 0 bridgehead atoms. The fourth-order valence-corrected chi connectivity index (χ4v) is 2.83. The predicted molar refractivity (Wildman–Crippen MR) is 97.0 cm³/mol. The maximum atomic E-state index is 12.3. The second-order valence-corrected chi connectivity index (χ2v) is 6.26. The molecule has 2 N–H and O–H groups in total. The maximum Gasteiger partial charge on any atom is 0.291 e. The van der Waals surface area contributed by atoms with Crippen LogP contribution in [0.15, 0.2) is 60.0 Å². The molecule has 0 atom stereocenters. The van der Waals surface area contributed by atoms with Crippen LogP contribution in [-0.2, 0) is 16.1 Å². The molecule has 2 heterocycles. The summed E-state index contributed by atoms with van der Waals surface area (Å²) in [5.74, 6) is 0.593. The summed E-state index contributed by atoms with van der Waals surface area (Å²) in [5.41, 5.74) is 1.92. The van der Waals surface area contributed by atoms with Crippen molar-refractivity contribution in [2.75, 3.05) is 17.7 Å². The van der Waals surface area contributed by atoms with Crippen LogP contribution >= 0.6 is 11.8 Å². The highest BCUT2D eigenvalue weighted by molar-refractivity contribution is 8.02. The molecule has 1 aromatic heterocycles. The molecule has 1 aliphatic rings. The van der Waals surface area contributed by atoms with Gasteiger partial charge in [-0.2, -0.15) is 0 Å². The number of hydrogen-bond acceptors (Lipinski definition) is 5. The lowest BCUT2D eigenvalue weighted by atomic mass is 10.2. The van der Waals surface area contributed by atoms with Gasteiger partial charge in [-0.05, 0) is 29.8 Å². The van der Waals surface area contributed by atoms with E-state index in [2.05, 4.69) is 15.6 Å². The van der Waals surface area contributed by atoms with Gasteiger partial charge in [0.15, 0.2) is 5.76 Å². The third-order valence-corrected chi connectivity index (χ3v) is 4.21. The van der Waals surface area contributed by atoms with Crippen LogP contribution < -0.4 is 10.6 Å². The summed E-state index contributed by atoms with van der Waals surface area (Å²) in [5, 5.41) is 7.27. The Balaban J connectivity index is 1.61. The number of hydrogen-bond donors (Lipinski definition) is 2. The largest absolute Gasteiger partial charge is 0.487 e. The third kappa shape index (κ3) is 4.84. The van der Waals surface area contributed by atoms with E-state index < -0.39 is 0 Å². The molecule has 6 nitrogen and oxygen atoms in total. The number of anilines is 1. The Morgan fingerprint density at radius 2 is 2.12 bits per heavy atom. The minimum absolute atomic E-state index is 0.219. The zero-order valence-corrected chi connectivity index (χ0v) is 14.2. The maximum absolute atomic E-state index is 12.3. The molecule has 1 aromatic carbocycles. The van der Waals surface area contributed by atoms with Crippen molar-refractivity contribution in [1.29, 1.82) is 0 Å². The SMILES string of the molecule is O=C(Nc1cccc(C(=O)NCc2cccnc2)c1)C1=CSCCO1. The first kappa shape index (κ1) is 17.0. The highest BCUT2D eigenvalue weighted by Crippen LogP contribution is 2.18. The molecule has 25 heavy (non-hydrogen) atoms. The first-order chi connectivity index (χ1) is 12.2. The molecule has 2 aromatic rings. The fraction of sp³-hybridized carbons (Fsp3) is 0.167. The Morgan fingerprint density at radius 3 is 2.88 bits per heavy atom. The van der Waals surface area contributed by atoms with Crippen LogP contribution in [0.1, 0.15) is 15.9 Å². The van der Waals surface area contributed by atoms with Gasteiger partial charge in [0, 0.05) is 41.4 Å². The number of ether oxygens (including phenoxy) is 1. The van der Waals surface area contributed by atoms with Crippen molar-refractivity contribution in [2.24, 2.45) is 0 Å². The van der Waals surface area contributed by atoms with E-state index in [0.717, 1.165) is 11.3 Å². The molecule has 128 valence electrons. The second-order valence-electron chi connectivity index (χ2n) is 5.28. The van der Waals surface area contributed by atoms with Gasteiger partial charge < -0.3 is 15.4 Å². The quantitative estimate of drug-likeness (QED) is 0.862. The summed E-state index contributed by atoms with van der Waals surface area (Å²) in [7, 11) is 0. The lowest BCUT2D eigenvalue weighted by Crippen LogP contribution is -2.23. The molecule has 1 aliphatic heterocycles. The van der Waals surface area contributed by atoms with E-state index in [-0.39, 0.29) is 11.8 Å². The Hall–Kier alpha value is -2.80. The van der Waals surface area contributed by atoms with Gasteiger partial charge >= 0.3 is 0 Å². The number of amides is 2. The van der Waals surface area contributed by atoms with Crippen LogP contribution in [0.25, 0.3) is 0 Å². The van der Waals surface area contributed by atoms with Gasteiger partial charge in [0.25, 0.3) is 11.8 Å². The van der Waals surface area contributed by atoms with Crippen molar-refractivity contribution in [2.45, 2.75) is 6.54 Å². The third-order valence-electron chi connectivity index (χ3n) is 3.43. The lowest BCUT2D eigenvalue weighted by Gasteiger charge is -2.14. The Labute approximate surface area is 149 Å². The topological polar surface area (TPSA) is 80.3 Å². The van der Waals surface area contributed by atoms with Crippen LogP contribution in [0.3, 0.4) is 0 Å². The van der Waals surface area contributed by atoms with Crippen LogP contribution in [0.2, 0.25) is 0 Å². The van der Waals surface area contributed by atoms with E-state index in [0.29, 0.717) is 30.2 Å². The Bertz CT molecular complexity index is 793. The first-order valence-corrected chi connectivity index (χ1v) is 8.80. The monoisotopic (exact) mass is 355 g/mol. The number of thioether (sulfide) groups is 1. The number of aromatic nitrogens is 1. The van der Waals surface area contributed by atoms with Crippen molar-refractivity contribution in [3.8, 4) is 0 Å². The van der Waals surface area contributed by atoms with Gasteiger partial charge in [-0.25, -0.2) is 0 Å². The normalized spacial score (nSPS) is 13.4. The fourth-order valence-electron chi connectivity index (χ4n) is 2.21. The molecular weight excluding hydrogens is 338 g/mol. The van der Waals surface area contributed by atoms with Crippen molar-refractivity contribution >= 4 is 29.3 Å². The molecule has 0 unspecified atom stereocenters. The highest BCUT2D eigenvalue weighted by Gasteiger charge is 2.15. The standard InChI is InChI=1S/C18H17N3O3S/c22-17(20-11-13-3-2-6-19-10-13)14-4-1-5-15(9-14)21-18(23)16-12-25-8-7-24-16/h1-6,9-10,12H,7-8,11H2,(H,20,22)(H,21,23). The second kappa shape index (κ2) is 8.34. The van der Waals surface area contributed by atoms with Crippen molar-refractivity contribution in [1.82, 2.24) is 10.3 Å². The minimum atomic E-state index is -0.319. The number of rotatable bonds is 5. The zero-order chi connectivity index (χ0) is 17.5. The average Bonchev–Trinajstić information content (AvgIpc) is 2.68. The minimum Gasteiger partial charge on any atom is -0.487 e. The molecule has 0 radical (unpaired) electrons. The molecular formula is C18H17N3O3S. The van der Waals surface area contributed by atoms with Crippen molar-refractivity contribution in [3.05, 3.63) is 71.1 Å². The van der Waals surface area contributed by atoms with Crippen molar-refractivity contribution < 1.29 is 14.3 Å². The molecule has 2 amide bonds. The summed E-state index contributed by atoms with van der Waals surface area (Å²) in [6, 6.07) is 10.5. The van der Waals surface area contributed by atoms with E-state index in [4.69, 9.17) is 4.74 Å². The van der Waals surface area contributed by atoms with Crippen LogP contribution in [-0.4, -0.2) is 29.2 Å². The summed E-state index contributed by atoms with van der Waals surface area (Å²) in [6.07, 6.45) is 3.38. The van der Waals surface area contributed by atoms with E-state index in [9.17, 15) is 9.59 Å². The highest BCUT2D eigenvalue weighted by atomic mass is 32.2. The number of nitrogens with one attached hydrogen (secondary N) is 2. The molecule has 0 aliphatic carbocycles. The van der Waals surface area contributed by atoms with Crippen molar-refractivity contribution in [3.63, 3.8) is 0 Å². The molecule has 7 heteroatoms. The molecule has 0 fully saturated rings. The van der Waals surface area contributed by atoms with Gasteiger partial charge in [0.1, 0.15) is 0 Å². The number of carbonyl (C=O) groups is 2. The van der Waals surface area contributed by atoms with Crippen LogP contribution in [0, 0.1) is 0 Å². The molecule has 3 rings (SSSR count). The van der Waals surface area contributed by atoms with E-state index >= 15 is 0 Å². The Morgan fingerprint density at radius 1 is 1.20 bits per heavy atom. The summed E-state index contributed by atoms with van der Waals surface area (Å²) in [4.78, 5) is 28.4. The van der Waals surface area contributed by atoms with E-state index in [1.807, 2.05) is 12.1 Å². The van der Waals surface area contributed by atoms with Crippen LogP contribution in [0.5, 0.6) is 0 Å². The number of benzene rings is 1. The smallest absolute Gasteiger partial charge is 0.291 e. The van der Waals surface area contributed by atoms with Crippen LogP contribution in [0.4, 0.5) is 5.69 Å². The van der Waals surface area contributed by atoms with Gasteiger partial charge in [-0.3, -0.25) is 14.6 Å². The average molecular weight is 355 g/mol. The van der Waals surface area contributed by atoms with E-state index in [1.165, 1.54) is 11.8 Å². The molecule has 0 saturated heterocycles. The van der Waals surface area contributed by atoms with Gasteiger partial charge in [0.2, 0.25) is 0 Å². The summed E-state index contributed by atoms with van der Waals surface area (Å²) in [6.45, 7) is 0.905.